The van der Waals surface area contributed by atoms with Crippen LogP contribution in [0.25, 0.3) is 0 Å². The minimum Gasteiger partial charge on any atom is -0.356 e. The van der Waals surface area contributed by atoms with Gasteiger partial charge < -0.3 is 15.1 Å². The van der Waals surface area contributed by atoms with Crippen LogP contribution in [0.2, 0.25) is 0 Å². The van der Waals surface area contributed by atoms with E-state index in [0.717, 1.165) is 17.9 Å². The van der Waals surface area contributed by atoms with Gasteiger partial charge in [-0.2, -0.15) is 13.2 Å². The number of carbonyl (C=O) groups excluding carboxylic acids is 2. The van der Waals surface area contributed by atoms with Crippen LogP contribution in [0.5, 0.6) is 0 Å². The quantitative estimate of drug-likeness (QED) is 0.766. The SMILES string of the molecule is CN(C)CCCNC(=O)C1CCCN(C(=O)C(F)(F)F)C1. The molecule has 21 heavy (non-hydrogen) atoms. The van der Waals surface area contributed by atoms with Gasteiger partial charge in [0, 0.05) is 19.6 Å². The first kappa shape index (κ1) is 17.7. The van der Waals surface area contributed by atoms with Crippen LogP contribution in [0.1, 0.15) is 19.3 Å². The molecule has 0 aliphatic carbocycles. The van der Waals surface area contributed by atoms with E-state index in [1.54, 1.807) is 0 Å². The first-order valence-electron chi connectivity index (χ1n) is 7.00. The Hall–Kier alpha value is -1.31. The van der Waals surface area contributed by atoms with Gasteiger partial charge >= 0.3 is 12.1 Å². The Morgan fingerprint density at radius 2 is 2.00 bits per heavy atom. The van der Waals surface area contributed by atoms with E-state index in [0.29, 0.717) is 19.4 Å². The van der Waals surface area contributed by atoms with Gasteiger partial charge in [0.05, 0.1) is 5.92 Å². The fraction of sp³-hybridized carbons (Fsp3) is 0.846. The molecule has 8 heteroatoms. The van der Waals surface area contributed by atoms with Gasteiger partial charge in [0.25, 0.3) is 0 Å². The van der Waals surface area contributed by atoms with E-state index in [-0.39, 0.29) is 19.0 Å². The molecule has 0 bridgehead atoms. The lowest BCUT2D eigenvalue weighted by Gasteiger charge is -2.32. The van der Waals surface area contributed by atoms with Gasteiger partial charge in [-0.05, 0) is 39.9 Å². The van der Waals surface area contributed by atoms with E-state index in [1.807, 2.05) is 19.0 Å². The predicted octanol–water partition coefficient (Wildman–Crippen LogP) is 0.855. The maximum absolute atomic E-state index is 12.4. The fourth-order valence-corrected chi connectivity index (χ4v) is 2.31. The highest BCUT2D eigenvalue weighted by Crippen LogP contribution is 2.23. The molecule has 1 unspecified atom stereocenters. The van der Waals surface area contributed by atoms with Crippen LogP contribution in [0.4, 0.5) is 13.2 Å². The minimum absolute atomic E-state index is 0.0583. The van der Waals surface area contributed by atoms with Gasteiger partial charge in [0.2, 0.25) is 5.91 Å². The molecule has 1 heterocycles. The Morgan fingerprint density at radius 1 is 1.33 bits per heavy atom. The topological polar surface area (TPSA) is 52.7 Å². The molecule has 1 fully saturated rings. The number of piperidine rings is 1. The number of carbonyl (C=O) groups is 2. The van der Waals surface area contributed by atoms with Gasteiger partial charge in [-0.3, -0.25) is 9.59 Å². The van der Waals surface area contributed by atoms with Crippen molar-refractivity contribution in [2.75, 3.05) is 40.3 Å². The summed E-state index contributed by atoms with van der Waals surface area (Å²) in [6.45, 7) is 1.21. The zero-order valence-electron chi connectivity index (χ0n) is 12.4. The molecule has 1 N–H and O–H groups in total. The number of halogens is 3. The average molecular weight is 309 g/mol. The van der Waals surface area contributed by atoms with Crippen molar-refractivity contribution in [1.82, 2.24) is 15.1 Å². The second-order valence-electron chi connectivity index (χ2n) is 5.54. The molecular formula is C13H22F3N3O2. The first-order valence-corrected chi connectivity index (χ1v) is 7.00. The summed E-state index contributed by atoms with van der Waals surface area (Å²) in [7, 11) is 3.84. The first-order chi connectivity index (χ1) is 9.71. The number of amides is 2. The maximum atomic E-state index is 12.4. The summed E-state index contributed by atoms with van der Waals surface area (Å²) in [5.74, 6) is -2.68. The van der Waals surface area contributed by atoms with Crippen molar-refractivity contribution in [2.24, 2.45) is 5.92 Å². The molecule has 0 aromatic carbocycles. The summed E-state index contributed by atoms with van der Waals surface area (Å²) in [4.78, 5) is 25.8. The summed E-state index contributed by atoms with van der Waals surface area (Å²) >= 11 is 0. The Morgan fingerprint density at radius 3 is 2.57 bits per heavy atom. The van der Waals surface area contributed by atoms with Gasteiger partial charge in [0.15, 0.2) is 0 Å². The highest BCUT2D eigenvalue weighted by molar-refractivity contribution is 5.84. The summed E-state index contributed by atoms with van der Waals surface area (Å²) < 4.78 is 37.2. The van der Waals surface area contributed by atoms with Crippen molar-refractivity contribution >= 4 is 11.8 Å². The van der Waals surface area contributed by atoms with Crippen molar-refractivity contribution in [1.29, 1.82) is 0 Å². The highest BCUT2D eigenvalue weighted by atomic mass is 19.4. The van der Waals surface area contributed by atoms with Crippen molar-refractivity contribution in [3.05, 3.63) is 0 Å². The Balaban J connectivity index is 2.41. The molecule has 1 aliphatic rings. The van der Waals surface area contributed by atoms with Crippen LogP contribution in [-0.4, -0.2) is 68.1 Å². The van der Waals surface area contributed by atoms with Crippen LogP contribution in [0.3, 0.4) is 0 Å². The molecule has 0 aromatic rings. The van der Waals surface area contributed by atoms with Gasteiger partial charge in [-0.25, -0.2) is 0 Å². The molecule has 1 rings (SSSR count). The van der Waals surface area contributed by atoms with Gasteiger partial charge in [0.1, 0.15) is 0 Å². The van der Waals surface area contributed by atoms with Crippen LogP contribution < -0.4 is 5.32 Å². The zero-order chi connectivity index (χ0) is 16.0. The normalized spacial score (nSPS) is 19.7. The highest BCUT2D eigenvalue weighted by Gasteiger charge is 2.44. The van der Waals surface area contributed by atoms with E-state index in [1.165, 1.54) is 0 Å². The zero-order valence-corrected chi connectivity index (χ0v) is 12.4. The van der Waals surface area contributed by atoms with Crippen molar-refractivity contribution in [3.8, 4) is 0 Å². The summed E-state index contributed by atoms with van der Waals surface area (Å²) in [6, 6.07) is 0. The smallest absolute Gasteiger partial charge is 0.356 e. The number of alkyl halides is 3. The molecular weight excluding hydrogens is 287 g/mol. The second kappa shape index (κ2) is 7.63. The summed E-state index contributed by atoms with van der Waals surface area (Å²) in [5.41, 5.74) is 0. The number of nitrogens with one attached hydrogen (secondary N) is 1. The largest absolute Gasteiger partial charge is 0.471 e. The molecule has 0 spiro atoms. The molecule has 1 atom stereocenters. The molecule has 5 nitrogen and oxygen atoms in total. The average Bonchev–Trinajstić information content (AvgIpc) is 2.41. The Labute approximate surface area is 122 Å². The minimum atomic E-state index is -4.87. The van der Waals surface area contributed by atoms with E-state index in [2.05, 4.69) is 5.32 Å². The standard InChI is InChI=1S/C13H22F3N3O2/c1-18(2)7-4-6-17-11(20)10-5-3-8-19(9-10)12(21)13(14,15)16/h10H,3-9H2,1-2H3,(H,17,20). The van der Waals surface area contributed by atoms with Crippen molar-refractivity contribution in [2.45, 2.75) is 25.4 Å². The number of nitrogens with zero attached hydrogens (tertiary/aromatic N) is 2. The third kappa shape index (κ3) is 5.91. The molecule has 0 saturated carbocycles. The third-order valence-corrected chi connectivity index (χ3v) is 3.40. The van der Waals surface area contributed by atoms with E-state index < -0.39 is 18.0 Å². The monoisotopic (exact) mass is 309 g/mol. The molecule has 1 saturated heterocycles. The van der Waals surface area contributed by atoms with Crippen LogP contribution in [-0.2, 0) is 9.59 Å². The number of hydrogen-bond acceptors (Lipinski definition) is 3. The Kier molecular flexibility index (Phi) is 6.44. The van der Waals surface area contributed by atoms with E-state index in [4.69, 9.17) is 0 Å². The fourth-order valence-electron chi connectivity index (χ4n) is 2.31. The van der Waals surface area contributed by atoms with E-state index >= 15 is 0 Å². The van der Waals surface area contributed by atoms with Gasteiger partial charge in [-0.15, -0.1) is 0 Å². The molecule has 1 aliphatic heterocycles. The molecule has 0 radical (unpaired) electrons. The van der Waals surface area contributed by atoms with Gasteiger partial charge in [-0.1, -0.05) is 0 Å². The van der Waals surface area contributed by atoms with E-state index in [9.17, 15) is 22.8 Å². The lowest BCUT2D eigenvalue weighted by molar-refractivity contribution is -0.187. The van der Waals surface area contributed by atoms with Crippen LogP contribution in [0, 0.1) is 5.92 Å². The van der Waals surface area contributed by atoms with Crippen molar-refractivity contribution in [3.63, 3.8) is 0 Å². The summed E-state index contributed by atoms with van der Waals surface area (Å²) in [5, 5.41) is 2.72. The third-order valence-electron chi connectivity index (χ3n) is 3.40. The molecule has 2 amide bonds. The van der Waals surface area contributed by atoms with Crippen LogP contribution >= 0.6 is 0 Å². The second-order valence-corrected chi connectivity index (χ2v) is 5.54. The van der Waals surface area contributed by atoms with Crippen LogP contribution in [0.15, 0.2) is 0 Å². The maximum Gasteiger partial charge on any atom is 0.471 e. The number of rotatable bonds is 5. The van der Waals surface area contributed by atoms with Crippen molar-refractivity contribution < 1.29 is 22.8 Å². The molecule has 0 aromatic heterocycles. The predicted molar refractivity (Wildman–Crippen MR) is 71.5 cm³/mol. The lowest BCUT2D eigenvalue weighted by atomic mass is 9.97. The Bertz CT molecular complexity index is 372. The lowest BCUT2D eigenvalue weighted by Crippen LogP contribution is -2.49. The number of likely N-dealkylation sites (tertiary alicyclic amines) is 1. The molecule has 122 valence electrons. The summed E-state index contributed by atoms with van der Waals surface area (Å²) in [6.07, 6.45) is -3.17. The number of hydrogen-bond donors (Lipinski definition) is 1.